The third-order valence-electron chi connectivity index (χ3n) is 7.10. The van der Waals surface area contributed by atoms with Gasteiger partial charge in [-0.25, -0.2) is 18.6 Å². The number of benzene rings is 1. The molecule has 0 atom stereocenters. The minimum absolute atomic E-state index is 0.0600. The Morgan fingerprint density at radius 3 is 2.58 bits per heavy atom. The molecule has 0 radical (unpaired) electrons. The number of halogens is 1. The predicted molar refractivity (Wildman–Crippen MR) is 158 cm³/mol. The molecule has 1 aromatic carbocycles. The Balaban J connectivity index is 0.000000251. The summed E-state index contributed by atoms with van der Waals surface area (Å²) in [5, 5.41) is 12.8. The van der Waals surface area contributed by atoms with Gasteiger partial charge in [-0.3, -0.25) is 14.4 Å². The number of primary amides is 1. The topological polar surface area (TPSA) is 185 Å². The maximum atomic E-state index is 13.7. The zero-order chi connectivity index (χ0) is 31.4. The van der Waals surface area contributed by atoms with Gasteiger partial charge < -0.3 is 26.3 Å². The van der Waals surface area contributed by atoms with E-state index in [0.29, 0.717) is 34.6 Å². The first-order chi connectivity index (χ1) is 20.5. The van der Waals surface area contributed by atoms with E-state index in [4.69, 9.17) is 5.73 Å². The lowest BCUT2D eigenvalue weighted by molar-refractivity contribution is -0.110. The van der Waals surface area contributed by atoms with Crippen LogP contribution in [0.5, 0.6) is 0 Å². The summed E-state index contributed by atoms with van der Waals surface area (Å²) >= 11 is 0. The Morgan fingerprint density at radius 1 is 1.19 bits per heavy atom. The van der Waals surface area contributed by atoms with Gasteiger partial charge in [0.2, 0.25) is 0 Å². The quantitative estimate of drug-likeness (QED) is 0.220. The van der Waals surface area contributed by atoms with Gasteiger partial charge in [-0.15, -0.1) is 5.10 Å². The molecule has 3 amide bonds. The molecular weight excluding hydrogens is 559 g/mol. The molecule has 0 bridgehead atoms. The highest BCUT2D eigenvalue weighted by Crippen LogP contribution is 2.34. The van der Waals surface area contributed by atoms with Gasteiger partial charge >= 0.3 is 5.69 Å². The number of hydrogen-bond donors (Lipinski definition) is 4. The van der Waals surface area contributed by atoms with Crippen LogP contribution in [0.3, 0.4) is 0 Å². The van der Waals surface area contributed by atoms with E-state index in [0.717, 1.165) is 40.0 Å². The fourth-order valence-corrected chi connectivity index (χ4v) is 4.72. The molecule has 43 heavy (non-hydrogen) atoms. The number of fused-ring (bicyclic) bond motifs is 2. The minimum Gasteiger partial charge on any atom is -0.364 e. The summed E-state index contributed by atoms with van der Waals surface area (Å²) in [7, 11) is 1.44. The number of amides is 3. The van der Waals surface area contributed by atoms with E-state index in [-0.39, 0.29) is 23.2 Å². The van der Waals surface area contributed by atoms with Gasteiger partial charge in [0.1, 0.15) is 12.1 Å². The third-order valence-corrected chi connectivity index (χ3v) is 7.10. The number of carbonyl (C=O) groups excluding carboxylic acids is 3. The molecule has 1 aliphatic rings. The highest BCUT2D eigenvalue weighted by molar-refractivity contribution is 6.34. The van der Waals surface area contributed by atoms with Crippen LogP contribution in [0.2, 0.25) is 0 Å². The summed E-state index contributed by atoms with van der Waals surface area (Å²) in [6.07, 6.45) is 2.86. The van der Waals surface area contributed by atoms with Crippen LogP contribution >= 0.6 is 0 Å². The second-order valence-corrected chi connectivity index (χ2v) is 9.80. The Labute approximate surface area is 245 Å². The summed E-state index contributed by atoms with van der Waals surface area (Å²) in [4.78, 5) is 56.4. The lowest BCUT2D eigenvalue weighted by Gasteiger charge is -2.18. The van der Waals surface area contributed by atoms with Crippen LogP contribution < -0.4 is 22.1 Å². The number of H-pyrrole nitrogens is 1. The molecule has 15 heteroatoms. The van der Waals surface area contributed by atoms with E-state index in [1.54, 1.807) is 12.1 Å². The monoisotopic (exact) mass is 592 g/mol. The fourth-order valence-electron chi connectivity index (χ4n) is 4.72. The Kier molecular flexibility index (Phi) is 9.14. The molecule has 4 heterocycles. The van der Waals surface area contributed by atoms with Gasteiger partial charge in [0.15, 0.2) is 11.3 Å². The number of rotatable bonds is 8. The fraction of sp³-hybridized carbons (Fsp3) is 0.321. The number of likely N-dealkylation sites (N-methyl/N-ethyl adjacent to an activating group) is 1. The zero-order valence-electron chi connectivity index (χ0n) is 24.5. The van der Waals surface area contributed by atoms with Crippen molar-refractivity contribution in [3.63, 3.8) is 0 Å². The maximum absolute atomic E-state index is 13.7. The number of nitrogens with two attached hydrogens (primary N) is 1. The Hall–Kier alpha value is -5.18. The van der Waals surface area contributed by atoms with Crippen LogP contribution in [0, 0.1) is 19.7 Å². The number of aromatic amines is 1. The number of anilines is 1. The average molecular weight is 593 g/mol. The summed E-state index contributed by atoms with van der Waals surface area (Å²) in [5.74, 6) is -1.58. The standard InChI is InChI=1S/C22H27FN4O2.C6H6N6O2/c1-5-27(6-2)10-9-24-22(29)20-13(3)19(25-14(20)4)12-17-16-11-15(23)7-8-18(16)26-21(17)28;1-11-6(14)12-2-8-3(4(7)13)5(12)9-10-11/h7-8,11-12,25H,5-6,9-10H2,1-4H3,(H,24,29)(H,26,28);2H,1H3,(H2,7,13)/b17-12-;. The number of hydrogen-bond acceptors (Lipinski definition) is 8. The van der Waals surface area contributed by atoms with Crippen LogP contribution in [0.15, 0.2) is 29.3 Å². The number of carbonyl (C=O) groups is 3. The number of aryl methyl sites for hydroxylation is 2. The van der Waals surface area contributed by atoms with E-state index in [1.807, 2.05) is 13.8 Å². The van der Waals surface area contributed by atoms with Crippen LogP contribution in [-0.2, 0) is 11.8 Å². The molecule has 3 aromatic heterocycles. The van der Waals surface area contributed by atoms with Crippen molar-refractivity contribution in [2.75, 3.05) is 31.5 Å². The Morgan fingerprint density at radius 2 is 1.91 bits per heavy atom. The van der Waals surface area contributed by atoms with Crippen molar-refractivity contribution < 1.29 is 18.8 Å². The summed E-state index contributed by atoms with van der Waals surface area (Å²) in [6, 6.07) is 4.20. The molecule has 0 aliphatic carbocycles. The first-order valence-electron chi connectivity index (χ1n) is 13.6. The number of aromatic nitrogens is 6. The molecule has 5 N–H and O–H groups in total. The molecule has 4 aromatic rings. The largest absolute Gasteiger partial charge is 0.364 e. The van der Waals surface area contributed by atoms with Gasteiger partial charge in [-0.05, 0) is 56.8 Å². The Bertz CT molecular complexity index is 1800. The van der Waals surface area contributed by atoms with Crippen molar-refractivity contribution in [1.29, 1.82) is 0 Å². The molecule has 0 unspecified atom stereocenters. The molecule has 0 saturated heterocycles. The maximum Gasteiger partial charge on any atom is 0.352 e. The van der Waals surface area contributed by atoms with Crippen molar-refractivity contribution in [3.8, 4) is 0 Å². The lowest BCUT2D eigenvalue weighted by atomic mass is 10.0. The molecule has 226 valence electrons. The molecule has 1 aliphatic heterocycles. The minimum atomic E-state index is -0.741. The van der Waals surface area contributed by atoms with Crippen LogP contribution in [0.1, 0.15) is 57.2 Å². The lowest BCUT2D eigenvalue weighted by Crippen LogP contribution is -2.35. The van der Waals surface area contributed by atoms with E-state index in [2.05, 4.69) is 49.7 Å². The van der Waals surface area contributed by atoms with Crippen molar-refractivity contribution in [2.45, 2.75) is 27.7 Å². The van der Waals surface area contributed by atoms with Crippen molar-refractivity contribution in [3.05, 3.63) is 74.6 Å². The highest BCUT2D eigenvalue weighted by Gasteiger charge is 2.26. The zero-order valence-corrected chi connectivity index (χ0v) is 24.5. The normalized spacial score (nSPS) is 13.2. The smallest absolute Gasteiger partial charge is 0.352 e. The molecule has 0 spiro atoms. The van der Waals surface area contributed by atoms with Crippen LogP contribution in [0.4, 0.5) is 10.1 Å². The summed E-state index contributed by atoms with van der Waals surface area (Å²) in [6.45, 7) is 11.1. The van der Waals surface area contributed by atoms with Crippen molar-refractivity contribution in [1.82, 2.24) is 39.6 Å². The van der Waals surface area contributed by atoms with Gasteiger partial charge in [0.05, 0.1) is 11.1 Å². The highest BCUT2D eigenvalue weighted by atomic mass is 19.1. The SMILES string of the molecule is CCN(CC)CCNC(=O)c1c(C)[nH]c(/C=C2\C(=O)Nc3ccc(F)cc32)c1C.Cn1nnc2c(C(N)=O)ncn2c1=O. The average Bonchev–Trinajstić information content (AvgIpc) is 3.62. The van der Waals surface area contributed by atoms with Gasteiger partial charge in [0.25, 0.3) is 17.7 Å². The molecule has 0 saturated carbocycles. The second kappa shape index (κ2) is 12.8. The van der Waals surface area contributed by atoms with Crippen LogP contribution in [-0.4, -0.2) is 78.2 Å². The first-order valence-corrected chi connectivity index (χ1v) is 13.6. The molecule has 5 rings (SSSR count). The summed E-state index contributed by atoms with van der Waals surface area (Å²) in [5.41, 5.74) is 8.80. The van der Waals surface area contributed by atoms with Gasteiger partial charge in [-0.1, -0.05) is 19.1 Å². The number of imidazole rings is 1. The van der Waals surface area contributed by atoms with Crippen molar-refractivity contribution in [2.24, 2.45) is 12.8 Å². The van der Waals surface area contributed by atoms with Gasteiger partial charge in [-0.2, -0.15) is 4.68 Å². The second-order valence-electron chi connectivity index (χ2n) is 9.80. The number of nitrogens with zero attached hydrogens (tertiary/aromatic N) is 6. The number of nitrogens with one attached hydrogen (secondary N) is 3. The van der Waals surface area contributed by atoms with Crippen LogP contribution in [0.25, 0.3) is 17.3 Å². The van der Waals surface area contributed by atoms with E-state index in [1.165, 1.54) is 25.5 Å². The molecule has 0 fully saturated rings. The van der Waals surface area contributed by atoms with Gasteiger partial charge in [0, 0.05) is 42.8 Å². The predicted octanol–water partition coefficient (Wildman–Crippen LogP) is 1.26. The third kappa shape index (κ3) is 6.35. The van der Waals surface area contributed by atoms with E-state index >= 15 is 0 Å². The van der Waals surface area contributed by atoms with E-state index < -0.39 is 17.4 Å². The molecule has 14 nitrogen and oxygen atoms in total. The molecular formula is C28H33FN10O4. The first kappa shape index (κ1) is 30.8. The van der Waals surface area contributed by atoms with E-state index in [9.17, 15) is 23.6 Å². The van der Waals surface area contributed by atoms with Crippen molar-refractivity contribution >= 4 is 40.7 Å². The summed E-state index contributed by atoms with van der Waals surface area (Å²) < 4.78 is 15.8.